The molecule has 0 radical (unpaired) electrons. The minimum atomic E-state index is -0.308. The van der Waals surface area contributed by atoms with Crippen LogP contribution in [-0.2, 0) is 4.74 Å². The summed E-state index contributed by atoms with van der Waals surface area (Å²) in [5, 5.41) is 3.31. The lowest BCUT2D eigenvalue weighted by Gasteiger charge is -2.13. The van der Waals surface area contributed by atoms with Crippen LogP contribution in [-0.4, -0.2) is 19.6 Å². The molecule has 0 heterocycles. The highest BCUT2D eigenvalue weighted by atomic mass is 79.9. The third-order valence-electron chi connectivity index (χ3n) is 2.72. The molecule has 0 aliphatic rings. The van der Waals surface area contributed by atoms with Gasteiger partial charge in [-0.1, -0.05) is 19.8 Å². The minimum Gasteiger partial charge on any atom is -0.465 e. The number of carbonyl (C=O) groups is 1. The number of anilines is 1. The summed E-state index contributed by atoms with van der Waals surface area (Å²) in [6.07, 6.45) is 3.46. The third kappa shape index (κ3) is 4.02. The molecule has 1 N–H and O–H groups in total. The lowest BCUT2D eigenvalue weighted by Crippen LogP contribution is -2.10. The van der Waals surface area contributed by atoms with Crippen LogP contribution in [0.2, 0.25) is 0 Å². The van der Waals surface area contributed by atoms with Crippen molar-refractivity contribution in [1.29, 1.82) is 0 Å². The quantitative estimate of drug-likeness (QED) is 0.633. The second kappa shape index (κ2) is 7.41. The third-order valence-corrected chi connectivity index (χ3v) is 3.35. The van der Waals surface area contributed by atoms with E-state index in [0.29, 0.717) is 5.56 Å². The number of halogens is 1. The van der Waals surface area contributed by atoms with Crippen molar-refractivity contribution in [2.45, 2.75) is 33.1 Å². The number of esters is 1. The van der Waals surface area contributed by atoms with Gasteiger partial charge in [0.25, 0.3) is 0 Å². The molecule has 1 aromatic carbocycles. The number of nitrogens with one attached hydrogen (secondary N) is 1. The fourth-order valence-electron chi connectivity index (χ4n) is 1.78. The van der Waals surface area contributed by atoms with Crippen LogP contribution in [0.5, 0.6) is 0 Å². The summed E-state index contributed by atoms with van der Waals surface area (Å²) in [4.78, 5) is 11.7. The van der Waals surface area contributed by atoms with Gasteiger partial charge in [0.15, 0.2) is 0 Å². The first kappa shape index (κ1) is 15.0. The van der Waals surface area contributed by atoms with Crippen LogP contribution in [0.1, 0.15) is 42.1 Å². The smallest absolute Gasteiger partial charge is 0.340 e. The maximum atomic E-state index is 11.7. The van der Waals surface area contributed by atoms with E-state index in [9.17, 15) is 4.79 Å². The van der Waals surface area contributed by atoms with Crippen molar-refractivity contribution in [3.05, 3.63) is 27.7 Å². The van der Waals surface area contributed by atoms with Crippen LogP contribution in [0.3, 0.4) is 0 Å². The van der Waals surface area contributed by atoms with Crippen LogP contribution in [0.15, 0.2) is 16.6 Å². The van der Waals surface area contributed by atoms with Crippen molar-refractivity contribution in [3.63, 3.8) is 0 Å². The van der Waals surface area contributed by atoms with Crippen molar-refractivity contribution in [1.82, 2.24) is 0 Å². The Morgan fingerprint density at radius 2 is 2.11 bits per heavy atom. The monoisotopic (exact) mass is 313 g/mol. The number of aryl methyl sites for hydroxylation is 1. The zero-order valence-electron chi connectivity index (χ0n) is 11.2. The van der Waals surface area contributed by atoms with Gasteiger partial charge in [-0.25, -0.2) is 4.79 Å². The van der Waals surface area contributed by atoms with Crippen LogP contribution in [0.4, 0.5) is 5.69 Å². The van der Waals surface area contributed by atoms with Crippen molar-refractivity contribution < 1.29 is 9.53 Å². The molecule has 0 aromatic heterocycles. The molecular weight excluding hydrogens is 294 g/mol. The molecule has 0 amide bonds. The normalized spacial score (nSPS) is 10.2. The van der Waals surface area contributed by atoms with Gasteiger partial charge in [0.2, 0.25) is 0 Å². The SMILES string of the molecule is CCCCCNc1c(Br)cc(C)cc1C(=O)OC. The average molecular weight is 314 g/mol. The molecule has 0 fully saturated rings. The number of ether oxygens (including phenoxy) is 1. The van der Waals surface area contributed by atoms with Crippen LogP contribution >= 0.6 is 15.9 Å². The molecule has 0 saturated heterocycles. The number of carbonyl (C=O) groups excluding carboxylic acids is 1. The highest BCUT2D eigenvalue weighted by Gasteiger charge is 2.15. The Labute approximate surface area is 117 Å². The maximum Gasteiger partial charge on any atom is 0.340 e. The fourth-order valence-corrected chi connectivity index (χ4v) is 2.50. The van der Waals surface area contributed by atoms with Gasteiger partial charge >= 0.3 is 5.97 Å². The van der Waals surface area contributed by atoms with Crippen LogP contribution in [0.25, 0.3) is 0 Å². The highest BCUT2D eigenvalue weighted by molar-refractivity contribution is 9.10. The van der Waals surface area contributed by atoms with Gasteiger partial charge in [-0.2, -0.15) is 0 Å². The van der Waals surface area contributed by atoms with Crippen LogP contribution < -0.4 is 5.32 Å². The van der Waals surface area contributed by atoms with E-state index in [2.05, 4.69) is 28.2 Å². The zero-order chi connectivity index (χ0) is 13.5. The molecular formula is C14H20BrNO2. The molecule has 4 heteroatoms. The van der Waals surface area contributed by atoms with E-state index in [-0.39, 0.29) is 5.97 Å². The van der Waals surface area contributed by atoms with E-state index in [4.69, 9.17) is 4.74 Å². The molecule has 1 aromatic rings. The Morgan fingerprint density at radius 1 is 1.39 bits per heavy atom. The van der Waals surface area contributed by atoms with Gasteiger partial charge < -0.3 is 10.1 Å². The van der Waals surface area contributed by atoms with Gasteiger partial charge in [0.05, 0.1) is 18.4 Å². The van der Waals surface area contributed by atoms with Gasteiger partial charge in [0, 0.05) is 11.0 Å². The first-order chi connectivity index (χ1) is 8.60. The molecule has 0 spiro atoms. The molecule has 0 bridgehead atoms. The number of methoxy groups -OCH3 is 1. The van der Waals surface area contributed by atoms with E-state index >= 15 is 0 Å². The molecule has 0 saturated carbocycles. The van der Waals surface area contributed by atoms with Crippen molar-refractivity contribution >= 4 is 27.6 Å². The first-order valence-corrected chi connectivity index (χ1v) is 7.01. The molecule has 1 rings (SSSR count). The number of hydrogen-bond acceptors (Lipinski definition) is 3. The van der Waals surface area contributed by atoms with Gasteiger partial charge in [-0.05, 0) is 47.0 Å². The summed E-state index contributed by atoms with van der Waals surface area (Å²) >= 11 is 3.49. The molecule has 100 valence electrons. The van der Waals surface area contributed by atoms with Gasteiger partial charge in [0.1, 0.15) is 0 Å². The standard InChI is InChI=1S/C14H20BrNO2/c1-4-5-6-7-16-13-11(14(17)18-3)8-10(2)9-12(13)15/h8-9,16H,4-7H2,1-3H3. The number of benzene rings is 1. The summed E-state index contributed by atoms with van der Waals surface area (Å²) < 4.78 is 5.72. The molecule has 18 heavy (non-hydrogen) atoms. The fraction of sp³-hybridized carbons (Fsp3) is 0.500. The molecule has 0 atom stereocenters. The highest BCUT2D eigenvalue weighted by Crippen LogP contribution is 2.29. The Kier molecular flexibility index (Phi) is 6.19. The van der Waals surface area contributed by atoms with E-state index in [1.807, 2.05) is 19.1 Å². The second-order valence-corrected chi connectivity index (χ2v) is 5.15. The summed E-state index contributed by atoms with van der Waals surface area (Å²) in [7, 11) is 1.40. The van der Waals surface area contributed by atoms with Gasteiger partial charge in [-0.15, -0.1) is 0 Å². The molecule has 0 unspecified atom stereocenters. The number of hydrogen-bond donors (Lipinski definition) is 1. The Morgan fingerprint density at radius 3 is 2.72 bits per heavy atom. The van der Waals surface area contributed by atoms with Crippen molar-refractivity contribution in [3.8, 4) is 0 Å². The van der Waals surface area contributed by atoms with E-state index in [0.717, 1.165) is 28.7 Å². The topological polar surface area (TPSA) is 38.3 Å². The Hall–Kier alpha value is -1.03. The summed E-state index contributed by atoms with van der Waals surface area (Å²) in [6, 6.07) is 3.84. The predicted molar refractivity (Wildman–Crippen MR) is 78.2 cm³/mol. The minimum absolute atomic E-state index is 0.308. The van der Waals surface area contributed by atoms with Crippen molar-refractivity contribution in [2.75, 3.05) is 19.0 Å². The lowest BCUT2D eigenvalue weighted by molar-refractivity contribution is 0.0601. The molecule has 0 aliphatic heterocycles. The largest absolute Gasteiger partial charge is 0.465 e. The summed E-state index contributed by atoms with van der Waals surface area (Å²) in [5.41, 5.74) is 2.44. The summed E-state index contributed by atoms with van der Waals surface area (Å²) in [5.74, 6) is -0.308. The zero-order valence-corrected chi connectivity index (χ0v) is 12.8. The first-order valence-electron chi connectivity index (χ1n) is 6.22. The average Bonchev–Trinajstić information content (AvgIpc) is 2.35. The van der Waals surface area contributed by atoms with E-state index < -0.39 is 0 Å². The van der Waals surface area contributed by atoms with Gasteiger partial charge in [-0.3, -0.25) is 0 Å². The Balaban J connectivity index is 2.90. The maximum absolute atomic E-state index is 11.7. The Bertz CT molecular complexity index is 419. The second-order valence-electron chi connectivity index (χ2n) is 4.29. The summed E-state index contributed by atoms with van der Waals surface area (Å²) in [6.45, 7) is 4.99. The molecule has 3 nitrogen and oxygen atoms in total. The van der Waals surface area contributed by atoms with Crippen molar-refractivity contribution in [2.24, 2.45) is 0 Å². The predicted octanol–water partition coefficient (Wildman–Crippen LogP) is 4.15. The number of unbranched alkanes of at least 4 members (excludes halogenated alkanes) is 2. The van der Waals surface area contributed by atoms with Crippen LogP contribution in [0, 0.1) is 6.92 Å². The van der Waals surface area contributed by atoms with E-state index in [1.165, 1.54) is 20.0 Å². The van der Waals surface area contributed by atoms with E-state index in [1.54, 1.807) is 0 Å². The molecule has 0 aliphatic carbocycles. The number of rotatable bonds is 6. The lowest BCUT2D eigenvalue weighted by atomic mass is 10.1.